The molecule has 0 saturated heterocycles. The largest absolute Gasteiger partial charge is 0.444 e. The van der Waals surface area contributed by atoms with Gasteiger partial charge in [0.05, 0.1) is 0 Å². The molecule has 0 atom stereocenters. The highest BCUT2D eigenvalue weighted by Gasteiger charge is 2.11. The molecule has 1 aromatic heterocycles. The van der Waals surface area contributed by atoms with Crippen LogP contribution in [0.3, 0.4) is 0 Å². The number of likely N-dealkylation sites (N-methyl/N-ethyl adjacent to an activating group) is 1. The first-order valence-electron chi connectivity index (χ1n) is 6.27. The molecule has 0 aliphatic carbocycles. The van der Waals surface area contributed by atoms with Gasteiger partial charge in [0, 0.05) is 30.6 Å². The van der Waals surface area contributed by atoms with Crippen LogP contribution in [-0.2, 0) is 6.54 Å². The van der Waals surface area contributed by atoms with Crippen molar-refractivity contribution in [1.82, 2.24) is 10.2 Å². The second kappa shape index (κ2) is 6.23. The highest BCUT2D eigenvalue weighted by molar-refractivity contribution is 6.30. The molecule has 0 bridgehead atoms. The molecule has 0 spiro atoms. The SMILES string of the molecule is CCN(C)CCNCc1c(Cl)oc2ccccc12. The van der Waals surface area contributed by atoms with E-state index in [-0.39, 0.29) is 0 Å². The van der Waals surface area contributed by atoms with Gasteiger partial charge in [0.1, 0.15) is 5.58 Å². The molecule has 1 aromatic carbocycles. The number of nitrogens with zero attached hydrogens (tertiary/aromatic N) is 1. The van der Waals surface area contributed by atoms with E-state index in [2.05, 4.69) is 24.2 Å². The molecule has 1 N–H and O–H groups in total. The number of benzene rings is 1. The van der Waals surface area contributed by atoms with Crippen LogP contribution in [0.25, 0.3) is 11.0 Å². The summed E-state index contributed by atoms with van der Waals surface area (Å²) in [5.74, 6) is 0. The third-order valence-electron chi connectivity index (χ3n) is 3.16. The molecule has 0 saturated carbocycles. The summed E-state index contributed by atoms with van der Waals surface area (Å²) in [4.78, 5) is 2.27. The van der Waals surface area contributed by atoms with E-state index in [1.54, 1.807) is 0 Å². The first kappa shape index (κ1) is 13.4. The van der Waals surface area contributed by atoms with Gasteiger partial charge >= 0.3 is 0 Å². The number of nitrogens with one attached hydrogen (secondary N) is 1. The van der Waals surface area contributed by atoms with Gasteiger partial charge in [-0.1, -0.05) is 25.1 Å². The zero-order valence-electron chi connectivity index (χ0n) is 10.9. The number of fused-ring (bicyclic) bond motifs is 1. The van der Waals surface area contributed by atoms with E-state index in [1.165, 1.54) is 0 Å². The Bertz CT molecular complexity index is 509. The van der Waals surface area contributed by atoms with Gasteiger partial charge in [-0.3, -0.25) is 0 Å². The van der Waals surface area contributed by atoms with Crippen molar-refractivity contribution in [2.24, 2.45) is 0 Å². The molecule has 4 heteroatoms. The molecular weight excluding hydrogens is 248 g/mol. The van der Waals surface area contributed by atoms with Crippen molar-refractivity contribution < 1.29 is 4.42 Å². The summed E-state index contributed by atoms with van der Waals surface area (Å²) in [5, 5.41) is 4.99. The molecular formula is C14H19ClN2O. The fourth-order valence-electron chi connectivity index (χ4n) is 1.88. The van der Waals surface area contributed by atoms with Gasteiger partial charge in [0.2, 0.25) is 0 Å². The molecule has 3 nitrogen and oxygen atoms in total. The Kier molecular flexibility index (Phi) is 4.64. The van der Waals surface area contributed by atoms with Gasteiger partial charge in [-0.2, -0.15) is 0 Å². The lowest BCUT2D eigenvalue weighted by Crippen LogP contribution is -2.28. The molecule has 98 valence electrons. The molecule has 0 unspecified atom stereocenters. The van der Waals surface area contributed by atoms with Crippen LogP contribution in [0.2, 0.25) is 5.22 Å². The van der Waals surface area contributed by atoms with Crippen molar-refractivity contribution in [2.45, 2.75) is 13.5 Å². The van der Waals surface area contributed by atoms with Crippen molar-refractivity contribution >= 4 is 22.6 Å². The monoisotopic (exact) mass is 266 g/mol. The van der Waals surface area contributed by atoms with E-state index in [0.29, 0.717) is 5.22 Å². The van der Waals surface area contributed by atoms with Gasteiger partial charge in [0.25, 0.3) is 0 Å². The smallest absolute Gasteiger partial charge is 0.199 e. The first-order valence-corrected chi connectivity index (χ1v) is 6.65. The standard InChI is InChI=1S/C14H19ClN2O/c1-3-17(2)9-8-16-10-12-11-6-4-5-7-13(11)18-14(12)15/h4-7,16H,3,8-10H2,1-2H3. The van der Waals surface area contributed by atoms with E-state index in [4.69, 9.17) is 16.0 Å². The molecule has 2 rings (SSSR count). The third-order valence-corrected chi connectivity index (χ3v) is 3.47. The zero-order chi connectivity index (χ0) is 13.0. The lowest BCUT2D eigenvalue weighted by atomic mass is 10.2. The second-order valence-electron chi connectivity index (χ2n) is 4.42. The van der Waals surface area contributed by atoms with E-state index in [0.717, 1.165) is 42.7 Å². The van der Waals surface area contributed by atoms with Crippen molar-refractivity contribution in [3.63, 3.8) is 0 Å². The quantitative estimate of drug-likeness (QED) is 0.815. The van der Waals surface area contributed by atoms with Gasteiger partial charge in [-0.15, -0.1) is 0 Å². The maximum Gasteiger partial charge on any atom is 0.199 e. The zero-order valence-corrected chi connectivity index (χ0v) is 11.6. The summed E-state index contributed by atoms with van der Waals surface area (Å²) in [7, 11) is 2.11. The van der Waals surface area contributed by atoms with Crippen molar-refractivity contribution in [1.29, 1.82) is 0 Å². The summed E-state index contributed by atoms with van der Waals surface area (Å²) in [6.45, 7) is 5.94. The van der Waals surface area contributed by atoms with Crippen LogP contribution in [-0.4, -0.2) is 31.6 Å². The lowest BCUT2D eigenvalue weighted by Gasteiger charge is -2.13. The fraction of sp³-hybridized carbons (Fsp3) is 0.429. The minimum absolute atomic E-state index is 0.493. The van der Waals surface area contributed by atoms with Gasteiger partial charge in [-0.25, -0.2) is 0 Å². The van der Waals surface area contributed by atoms with Crippen LogP contribution in [0.15, 0.2) is 28.7 Å². The molecule has 1 heterocycles. The number of para-hydroxylation sites is 1. The average Bonchev–Trinajstić information content (AvgIpc) is 2.70. The topological polar surface area (TPSA) is 28.4 Å². The second-order valence-corrected chi connectivity index (χ2v) is 4.77. The van der Waals surface area contributed by atoms with Crippen molar-refractivity contribution in [2.75, 3.05) is 26.7 Å². The van der Waals surface area contributed by atoms with Crippen LogP contribution in [0.5, 0.6) is 0 Å². The summed E-state index contributed by atoms with van der Waals surface area (Å²) < 4.78 is 5.51. The van der Waals surface area contributed by atoms with Crippen molar-refractivity contribution in [3.8, 4) is 0 Å². The number of hydrogen-bond donors (Lipinski definition) is 1. The minimum atomic E-state index is 0.493. The Morgan fingerprint density at radius 3 is 2.89 bits per heavy atom. The Morgan fingerprint density at radius 1 is 1.33 bits per heavy atom. The van der Waals surface area contributed by atoms with Crippen LogP contribution in [0.1, 0.15) is 12.5 Å². The van der Waals surface area contributed by atoms with E-state index >= 15 is 0 Å². The molecule has 0 radical (unpaired) electrons. The predicted octanol–water partition coefficient (Wildman–Crippen LogP) is 3.13. The maximum atomic E-state index is 6.12. The summed E-state index contributed by atoms with van der Waals surface area (Å²) in [6, 6.07) is 7.94. The van der Waals surface area contributed by atoms with Gasteiger partial charge in [0.15, 0.2) is 5.22 Å². The number of hydrogen-bond acceptors (Lipinski definition) is 3. The molecule has 0 aliphatic rings. The van der Waals surface area contributed by atoms with Crippen LogP contribution in [0, 0.1) is 0 Å². The van der Waals surface area contributed by atoms with E-state index < -0.39 is 0 Å². The molecule has 0 fully saturated rings. The molecule has 0 aliphatic heterocycles. The number of furan rings is 1. The summed E-state index contributed by atoms with van der Waals surface area (Å²) in [6.07, 6.45) is 0. The minimum Gasteiger partial charge on any atom is -0.444 e. The third kappa shape index (κ3) is 3.05. The highest BCUT2D eigenvalue weighted by Crippen LogP contribution is 2.29. The van der Waals surface area contributed by atoms with Crippen molar-refractivity contribution in [3.05, 3.63) is 35.0 Å². The lowest BCUT2D eigenvalue weighted by molar-refractivity contribution is 0.349. The number of rotatable bonds is 6. The summed E-state index contributed by atoms with van der Waals surface area (Å²) >= 11 is 6.12. The van der Waals surface area contributed by atoms with E-state index in [9.17, 15) is 0 Å². The first-order chi connectivity index (χ1) is 8.72. The Labute approximate surface area is 113 Å². The fourth-order valence-corrected chi connectivity index (χ4v) is 2.13. The Balaban J connectivity index is 1.97. The van der Waals surface area contributed by atoms with Gasteiger partial charge < -0.3 is 14.6 Å². The van der Waals surface area contributed by atoms with Crippen LogP contribution in [0.4, 0.5) is 0 Å². The van der Waals surface area contributed by atoms with Crippen LogP contribution < -0.4 is 5.32 Å². The van der Waals surface area contributed by atoms with Gasteiger partial charge in [-0.05, 0) is 31.3 Å². The molecule has 2 aromatic rings. The molecule has 0 amide bonds. The predicted molar refractivity (Wildman–Crippen MR) is 76.1 cm³/mol. The maximum absolute atomic E-state index is 6.12. The highest BCUT2D eigenvalue weighted by atomic mass is 35.5. The molecule has 18 heavy (non-hydrogen) atoms. The number of halogens is 1. The average molecular weight is 267 g/mol. The van der Waals surface area contributed by atoms with E-state index in [1.807, 2.05) is 24.3 Å². The normalized spacial score (nSPS) is 11.6. The Morgan fingerprint density at radius 2 is 2.11 bits per heavy atom. The van der Waals surface area contributed by atoms with Crippen LogP contribution >= 0.6 is 11.6 Å². The Hall–Kier alpha value is -1.03. The summed E-state index contributed by atoms with van der Waals surface area (Å²) in [5.41, 5.74) is 1.90.